The monoisotopic (exact) mass is 356 g/mol. The Labute approximate surface area is 147 Å². The first kappa shape index (κ1) is 20.1. The highest BCUT2D eigenvalue weighted by atomic mass is 35.5. The van der Waals surface area contributed by atoms with Crippen molar-refractivity contribution in [2.24, 2.45) is 0 Å². The largest absolute Gasteiger partial charge is 0.491 e. The lowest BCUT2D eigenvalue weighted by Gasteiger charge is -2.19. The van der Waals surface area contributed by atoms with Crippen molar-refractivity contribution in [3.63, 3.8) is 0 Å². The minimum absolute atomic E-state index is 0.112. The molecular weight excluding hydrogens is 332 g/mol. The van der Waals surface area contributed by atoms with Crippen molar-refractivity contribution in [2.75, 3.05) is 19.7 Å². The SMILES string of the molecule is CC(C)(C)OC(=O)NCCCNC(=O)CCOc1ccccc1Cl. The van der Waals surface area contributed by atoms with Crippen molar-refractivity contribution in [3.05, 3.63) is 29.3 Å². The van der Waals surface area contributed by atoms with E-state index in [1.165, 1.54) is 0 Å². The first-order chi connectivity index (χ1) is 11.3. The lowest BCUT2D eigenvalue weighted by molar-refractivity contribution is -0.121. The Bertz CT molecular complexity index is 544. The highest BCUT2D eigenvalue weighted by molar-refractivity contribution is 6.32. The molecule has 1 aromatic carbocycles. The van der Waals surface area contributed by atoms with E-state index in [0.717, 1.165) is 0 Å². The Morgan fingerprint density at radius 2 is 1.79 bits per heavy atom. The summed E-state index contributed by atoms with van der Waals surface area (Å²) >= 11 is 5.95. The Kier molecular flexibility index (Phi) is 8.40. The van der Waals surface area contributed by atoms with Crippen LogP contribution in [-0.2, 0) is 9.53 Å². The molecule has 0 aliphatic rings. The summed E-state index contributed by atoms with van der Waals surface area (Å²) in [5.41, 5.74) is -0.514. The number of hydrogen-bond acceptors (Lipinski definition) is 4. The number of ether oxygens (including phenoxy) is 2. The first-order valence-corrected chi connectivity index (χ1v) is 8.26. The molecule has 0 saturated heterocycles. The molecule has 0 spiro atoms. The predicted octanol–water partition coefficient (Wildman–Crippen LogP) is 3.14. The molecule has 0 heterocycles. The normalized spacial score (nSPS) is 10.8. The second kappa shape index (κ2) is 10.0. The van der Waals surface area contributed by atoms with Crippen LogP contribution in [0, 0.1) is 0 Å². The van der Waals surface area contributed by atoms with Gasteiger partial charge in [0.15, 0.2) is 0 Å². The number of rotatable bonds is 8. The summed E-state index contributed by atoms with van der Waals surface area (Å²) in [4.78, 5) is 23.1. The molecule has 7 heteroatoms. The van der Waals surface area contributed by atoms with Gasteiger partial charge in [0.05, 0.1) is 18.1 Å². The minimum atomic E-state index is -0.514. The van der Waals surface area contributed by atoms with Gasteiger partial charge in [-0.2, -0.15) is 0 Å². The third-order valence-corrected chi connectivity index (χ3v) is 3.08. The topological polar surface area (TPSA) is 76.7 Å². The third kappa shape index (κ3) is 9.25. The van der Waals surface area contributed by atoms with Gasteiger partial charge < -0.3 is 20.1 Å². The highest BCUT2D eigenvalue weighted by Crippen LogP contribution is 2.22. The zero-order valence-electron chi connectivity index (χ0n) is 14.4. The van der Waals surface area contributed by atoms with Gasteiger partial charge >= 0.3 is 6.09 Å². The van der Waals surface area contributed by atoms with Crippen LogP contribution in [0.4, 0.5) is 4.79 Å². The summed E-state index contributed by atoms with van der Waals surface area (Å²) in [5.74, 6) is 0.452. The average molecular weight is 357 g/mol. The van der Waals surface area contributed by atoms with Crippen molar-refractivity contribution < 1.29 is 19.1 Å². The van der Waals surface area contributed by atoms with Gasteiger partial charge in [-0.05, 0) is 39.3 Å². The van der Waals surface area contributed by atoms with Gasteiger partial charge in [-0.15, -0.1) is 0 Å². The van der Waals surface area contributed by atoms with Crippen molar-refractivity contribution in [3.8, 4) is 5.75 Å². The molecule has 0 unspecified atom stereocenters. The smallest absolute Gasteiger partial charge is 0.407 e. The number of alkyl carbamates (subject to hydrolysis) is 1. The maximum atomic E-state index is 11.7. The summed E-state index contributed by atoms with van der Waals surface area (Å²) in [6.45, 7) is 6.57. The van der Waals surface area contributed by atoms with Crippen LogP contribution in [0.15, 0.2) is 24.3 Å². The van der Waals surface area contributed by atoms with Crippen LogP contribution in [0.3, 0.4) is 0 Å². The molecule has 0 aromatic heterocycles. The van der Waals surface area contributed by atoms with E-state index < -0.39 is 11.7 Å². The van der Waals surface area contributed by atoms with Crippen LogP contribution in [-0.4, -0.2) is 37.3 Å². The van der Waals surface area contributed by atoms with E-state index in [-0.39, 0.29) is 18.9 Å². The molecule has 2 amide bonds. The van der Waals surface area contributed by atoms with Crippen LogP contribution < -0.4 is 15.4 Å². The van der Waals surface area contributed by atoms with E-state index in [0.29, 0.717) is 30.3 Å². The van der Waals surface area contributed by atoms with Gasteiger partial charge in [0.1, 0.15) is 11.4 Å². The number of para-hydroxylation sites is 1. The van der Waals surface area contributed by atoms with E-state index in [1.807, 2.05) is 12.1 Å². The standard InChI is InChI=1S/C17H25ClN2O4/c1-17(2,3)24-16(22)20-11-6-10-19-15(21)9-12-23-14-8-5-4-7-13(14)18/h4-5,7-8H,6,9-12H2,1-3H3,(H,19,21)(H,20,22). The van der Waals surface area contributed by atoms with Gasteiger partial charge in [-0.25, -0.2) is 4.79 Å². The molecule has 1 rings (SSSR count). The maximum absolute atomic E-state index is 11.7. The predicted molar refractivity (Wildman–Crippen MR) is 93.4 cm³/mol. The summed E-state index contributed by atoms with van der Waals surface area (Å²) in [6.07, 6.45) is 0.406. The van der Waals surface area contributed by atoms with E-state index >= 15 is 0 Å². The number of carbonyl (C=O) groups is 2. The highest BCUT2D eigenvalue weighted by Gasteiger charge is 2.15. The van der Waals surface area contributed by atoms with E-state index in [4.69, 9.17) is 21.1 Å². The minimum Gasteiger partial charge on any atom is -0.491 e. The molecule has 134 valence electrons. The molecule has 0 aliphatic heterocycles. The van der Waals surface area contributed by atoms with E-state index in [1.54, 1.807) is 32.9 Å². The fraction of sp³-hybridized carbons (Fsp3) is 0.529. The Morgan fingerprint density at radius 3 is 2.46 bits per heavy atom. The van der Waals surface area contributed by atoms with Crippen LogP contribution >= 0.6 is 11.6 Å². The second-order valence-corrected chi connectivity index (χ2v) is 6.57. The van der Waals surface area contributed by atoms with E-state index in [2.05, 4.69) is 10.6 Å². The number of halogens is 1. The zero-order chi connectivity index (χ0) is 18.0. The third-order valence-electron chi connectivity index (χ3n) is 2.77. The van der Waals surface area contributed by atoms with Crippen molar-refractivity contribution in [1.82, 2.24) is 10.6 Å². The quantitative estimate of drug-likeness (QED) is 0.701. The Balaban J connectivity index is 2.06. The van der Waals surface area contributed by atoms with E-state index in [9.17, 15) is 9.59 Å². The molecule has 0 fully saturated rings. The Morgan fingerprint density at radius 1 is 1.12 bits per heavy atom. The van der Waals surface area contributed by atoms with Gasteiger partial charge in [-0.3, -0.25) is 4.79 Å². The molecule has 0 atom stereocenters. The zero-order valence-corrected chi connectivity index (χ0v) is 15.1. The summed E-state index contributed by atoms with van der Waals surface area (Å²) < 4.78 is 10.6. The molecule has 2 N–H and O–H groups in total. The Hall–Kier alpha value is -1.95. The molecular formula is C17H25ClN2O4. The molecule has 0 bridgehead atoms. The summed E-state index contributed by atoms with van der Waals surface area (Å²) in [6, 6.07) is 7.11. The van der Waals surface area contributed by atoms with Gasteiger partial charge in [0.2, 0.25) is 5.91 Å². The molecule has 0 saturated carbocycles. The number of benzene rings is 1. The first-order valence-electron chi connectivity index (χ1n) is 7.89. The van der Waals surface area contributed by atoms with Crippen LogP contribution in [0.1, 0.15) is 33.6 Å². The van der Waals surface area contributed by atoms with Gasteiger partial charge in [-0.1, -0.05) is 23.7 Å². The van der Waals surface area contributed by atoms with Crippen LogP contribution in [0.25, 0.3) is 0 Å². The number of hydrogen-bond donors (Lipinski definition) is 2. The van der Waals surface area contributed by atoms with Crippen molar-refractivity contribution >= 4 is 23.6 Å². The molecule has 0 aliphatic carbocycles. The lowest BCUT2D eigenvalue weighted by atomic mass is 10.2. The second-order valence-electron chi connectivity index (χ2n) is 6.16. The number of amides is 2. The summed E-state index contributed by atoms with van der Waals surface area (Å²) in [5, 5.41) is 5.91. The lowest BCUT2D eigenvalue weighted by Crippen LogP contribution is -2.34. The van der Waals surface area contributed by atoms with Crippen molar-refractivity contribution in [1.29, 1.82) is 0 Å². The van der Waals surface area contributed by atoms with Crippen molar-refractivity contribution in [2.45, 2.75) is 39.2 Å². The fourth-order valence-corrected chi connectivity index (χ4v) is 1.91. The number of carbonyl (C=O) groups excluding carboxylic acids is 2. The fourth-order valence-electron chi connectivity index (χ4n) is 1.72. The van der Waals surface area contributed by atoms with Gasteiger partial charge in [0.25, 0.3) is 0 Å². The maximum Gasteiger partial charge on any atom is 0.407 e. The van der Waals surface area contributed by atoms with Crippen LogP contribution in [0.5, 0.6) is 5.75 Å². The molecule has 24 heavy (non-hydrogen) atoms. The molecule has 1 aromatic rings. The number of nitrogens with one attached hydrogen (secondary N) is 2. The van der Waals surface area contributed by atoms with Gasteiger partial charge in [0, 0.05) is 13.1 Å². The van der Waals surface area contributed by atoms with Crippen LogP contribution in [0.2, 0.25) is 5.02 Å². The average Bonchev–Trinajstić information content (AvgIpc) is 2.47. The molecule has 6 nitrogen and oxygen atoms in total. The summed E-state index contributed by atoms with van der Waals surface area (Å²) in [7, 11) is 0. The molecule has 0 radical (unpaired) electrons.